The number of phenols is 1. The number of phenolic OH excluding ortho intramolecular Hbond substituents is 1. The Morgan fingerprint density at radius 3 is 2.17 bits per heavy atom. The van der Waals surface area contributed by atoms with Crippen molar-refractivity contribution in [2.45, 2.75) is 51.1 Å². The maximum Gasteiger partial charge on any atom is 0.258 e. The van der Waals surface area contributed by atoms with Crippen molar-refractivity contribution in [3.63, 3.8) is 0 Å². The summed E-state index contributed by atoms with van der Waals surface area (Å²) in [5, 5.41) is 15.3. The van der Waals surface area contributed by atoms with E-state index >= 15 is 0 Å². The first-order valence-corrected chi connectivity index (χ1v) is 14.5. The number of para-hydroxylation sites is 3. The van der Waals surface area contributed by atoms with Crippen molar-refractivity contribution in [3.8, 4) is 5.75 Å². The summed E-state index contributed by atoms with van der Waals surface area (Å²) in [6.45, 7) is 2.58. The van der Waals surface area contributed by atoms with E-state index in [1.807, 2.05) is 30.0 Å². The van der Waals surface area contributed by atoms with Gasteiger partial charge in [-0.15, -0.1) is 0 Å². The molecule has 0 fully saturated rings. The monoisotopic (exact) mass is 545 g/mol. The number of amides is 2. The molecule has 0 aliphatic carbocycles. The average molecular weight is 546 g/mol. The van der Waals surface area contributed by atoms with Crippen LogP contribution in [0.5, 0.6) is 5.75 Å². The summed E-state index contributed by atoms with van der Waals surface area (Å²) in [6.07, 6.45) is 3.60. The fraction of sp³-hybridized carbons (Fsp3) is 0.257. The van der Waals surface area contributed by atoms with Crippen LogP contribution in [-0.4, -0.2) is 34.1 Å². The first-order chi connectivity index (χ1) is 20.1. The van der Waals surface area contributed by atoms with Gasteiger partial charge in [-0.25, -0.2) is 0 Å². The van der Waals surface area contributed by atoms with Gasteiger partial charge in [-0.2, -0.15) is 0 Å². The van der Waals surface area contributed by atoms with Gasteiger partial charge in [-0.1, -0.05) is 61.5 Å². The molecular formula is C35H35N3O3. The van der Waals surface area contributed by atoms with E-state index in [-0.39, 0.29) is 29.6 Å². The third-order valence-electron chi connectivity index (χ3n) is 8.19. The third-order valence-corrected chi connectivity index (χ3v) is 8.19. The fourth-order valence-corrected chi connectivity index (χ4v) is 6.35. The van der Waals surface area contributed by atoms with Gasteiger partial charge in [0.1, 0.15) is 5.75 Å². The van der Waals surface area contributed by atoms with Crippen molar-refractivity contribution in [2.24, 2.45) is 0 Å². The lowest BCUT2D eigenvalue weighted by atomic mass is 9.87. The highest BCUT2D eigenvalue weighted by Gasteiger charge is 2.37. The molecule has 0 bridgehead atoms. The van der Waals surface area contributed by atoms with Crippen LogP contribution in [0.15, 0.2) is 97.1 Å². The van der Waals surface area contributed by atoms with Crippen molar-refractivity contribution in [1.82, 2.24) is 9.88 Å². The minimum atomic E-state index is -0.0851. The molecule has 41 heavy (non-hydrogen) atoms. The first-order valence-electron chi connectivity index (χ1n) is 14.5. The number of carbonyl (C=O) groups excluding carboxylic acids is 2. The number of rotatable bonds is 8. The Morgan fingerprint density at radius 1 is 0.854 bits per heavy atom. The molecule has 2 atom stereocenters. The van der Waals surface area contributed by atoms with Crippen molar-refractivity contribution in [2.75, 3.05) is 11.4 Å². The van der Waals surface area contributed by atoms with E-state index in [2.05, 4.69) is 64.5 Å². The van der Waals surface area contributed by atoms with Crippen molar-refractivity contribution >= 4 is 39.3 Å². The number of aromatic hydroxyl groups is 1. The van der Waals surface area contributed by atoms with Crippen molar-refractivity contribution in [1.29, 1.82) is 0 Å². The zero-order chi connectivity index (χ0) is 28.3. The van der Waals surface area contributed by atoms with Crippen LogP contribution in [0, 0.1) is 0 Å². The smallest absolute Gasteiger partial charge is 0.258 e. The molecule has 5 aromatic rings. The largest absolute Gasteiger partial charge is 0.508 e. The van der Waals surface area contributed by atoms with Crippen LogP contribution in [0.25, 0.3) is 21.8 Å². The zero-order valence-corrected chi connectivity index (χ0v) is 23.3. The Kier molecular flexibility index (Phi) is 7.47. The number of fused-ring (bicyclic) bond motifs is 4. The van der Waals surface area contributed by atoms with Crippen LogP contribution in [0.2, 0.25) is 0 Å². The average Bonchev–Trinajstić information content (AvgIpc) is 3.33. The number of hydrogen-bond acceptors (Lipinski definition) is 3. The van der Waals surface area contributed by atoms with Crippen LogP contribution in [0.1, 0.15) is 61.0 Å². The zero-order valence-electron chi connectivity index (χ0n) is 23.3. The lowest BCUT2D eigenvalue weighted by Gasteiger charge is -2.42. The van der Waals surface area contributed by atoms with Crippen LogP contribution in [0.3, 0.4) is 0 Å². The lowest BCUT2D eigenvalue weighted by Crippen LogP contribution is -2.46. The van der Waals surface area contributed by atoms with E-state index in [9.17, 15) is 14.7 Å². The van der Waals surface area contributed by atoms with Crippen LogP contribution in [-0.2, 0) is 4.79 Å². The highest BCUT2D eigenvalue weighted by Crippen LogP contribution is 2.44. The maximum atomic E-state index is 14.1. The molecule has 6 heteroatoms. The summed E-state index contributed by atoms with van der Waals surface area (Å²) in [4.78, 5) is 28.1. The lowest BCUT2D eigenvalue weighted by molar-refractivity contribution is -0.121. The minimum absolute atomic E-state index is 0.0274. The fourth-order valence-electron chi connectivity index (χ4n) is 6.35. The molecule has 1 aliphatic heterocycles. The predicted molar refractivity (Wildman–Crippen MR) is 164 cm³/mol. The Balaban J connectivity index is 1.44. The highest BCUT2D eigenvalue weighted by molar-refractivity contribution is 6.09. The molecule has 0 saturated heterocycles. The molecule has 6 rings (SSSR count). The topological polar surface area (TPSA) is 74.6 Å². The molecule has 2 amide bonds. The van der Waals surface area contributed by atoms with E-state index in [0.717, 1.165) is 36.9 Å². The van der Waals surface area contributed by atoms with Crippen molar-refractivity contribution in [3.05, 3.63) is 108 Å². The van der Waals surface area contributed by atoms with Gasteiger partial charge in [-0.05, 0) is 73.7 Å². The molecule has 0 spiro atoms. The van der Waals surface area contributed by atoms with Crippen LogP contribution in [0.4, 0.5) is 5.69 Å². The van der Waals surface area contributed by atoms with E-state index in [4.69, 9.17) is 0 Å². The Morgan fingerprint density at radius 2 is 1.49 bits per heavy atom. The van der Waals surface area contributed by atoms with Crippen LogP contribution >= 0.6 is 0 Å². The molecule has 2 heterocycles. The van der Waals surface area contributed by atoms with Gasteiger partial charge in [0.05, 0.1) is 6.04 Å². The van der Waals surface area contributed by atoms with E-state index < -0.39 is 0 Å². The molecule has 1 aliphatic rings. The molecule has 2 unspecified atom stereocenters. The second-order valence-corrected chi connectivity index (χ2v) is 10.8. The Hall–Kier alpha value is -4.58. The Labute approximate surface area is 240 Å². The molecule has 0 saturated carbocycles. The molecule has 4 aromatic carbocycles. The molecular weight excluding hydrogens is 510 g/mol. The van der Waals surface area contributed by atoms with Gasteiger partial charge in [0, 0.05) is 52.1 Å². The Bertz CT molecular complexity index is 1650. The maximum absolute atomic E-state index is 14.1. The van der Waals surface area contributed by atoms with Gasteiger partial charge < -0.3 is 19.9 Å². The van der Waals surface area contributed by atoms with Crippen LogP contribution < -0.4 is 10.2 Å². The van der Waals surface area contributed by atoms with Gasteiger partial charge >= 0.3 is 0 Å². The number of nitrogens with one attached hydrogen (secondary N) is 1. The molecule has 6 nitrogen and oxygen atoms in total. The molecule has 208 valence electrons. The van der Waals surface area contributed by atoms with E-state index in [1.165, 1.54) is 21.8 Å². The minimum Gasteiger partial charge on any atom is -0.508 e. The SMILES string of the molecule is CCCC(=O)NCCCC1CC(n2c3ccccc3c3ccccc32)c2ccccc2N1C(=O)c1ccc(O)cc1. The van der Waals surface area contributed by atoms with Gasteiger partial charge in [0.15, 0.2) is 0 Å². The summed E-state index contributed by atoms with van der Waals surface area (Å²) in [5.74, 6) is 0.117. The predicted octanol–water partition coefficient (Wildman–Crippen LogP) is 7.21. The number of carbonyl (C=O) groups is 2. The highest BCUT2D eigenvalue weighted by atomic mass is 16.3. The number of nitrogens with zero attached hydrogens (tertiary/aromatic N) is 2. The van der Waals surface area contributed by atoms with Gasteiger partial charge in [-0.3, -0.25) is 9.59 Å². The molecule has 2 N–H and O–H groups in total. The number of benzene rings is 4. The quantitative estimate of drug-likeness (QED) is 0.202. The third kappa shape index (κ3) is 5.06. The summed E-state index contributed by atoms with van der Waals surface area (Å²) in [6, 6.07) is 31.7. The molecule has 0 radical (unpaired) electrons. The van der Waals surface area contributed by atoms with Gasteiger partial charge in [0.25, 0.3) is 5.91 Å². The summed E-state index contributed by atoms with van der Waals surface area (Å²) in [5.41, 5.74) is 4.91. The summed E-state index contributed by atoms with van der Waals surface area (Å²) < 4.78 is 2.45. The first kappa shape index (κ1) is 26.6. The number of hydrogen-bond donors (Lipinski definition) is 2. The number of aromatic nitrogens is 1. The van der Waals surface area contributed by atoms with E-state index in [0.29, 0.717) is 18.5 Å². The summed E-state index contributed by atoms with van der Waals surface area (Å²) >= 11 is 0. The van der Waals surface area contributed by atoms with Gasteiger partial charge in [0.2, 0.25) is 5.91 Å². The molecule has 1 aromatic heterocycles. The second-order valence-electron chi connectivity index (χ2n) is 10.8. The summed E-state index contributed by atoms with van der Waals surface area (Å²) in [7, 11) is 0. The number of anilines is 1. The standard InChI is InChI=1S/C35H35N3O3/c1-2-10-34(40)36-22-9-11-25-23-33(38-30-15-6-3-12-27(30)28-13-4-7-16-31(28)38)29-14-5-8-17-32(29)37(25)35(41)24-18-20-26(39)21-19-24/h3-8,12-21,25,33,39H,2,9-11,22-23H2,1H3,(H,36,40). The van der Waals surface area contributed by atoms with E-state index in [1.54, 1.807) is 24.3 Å². The second kappa shape index (κ2) is 11.5. The van der Waals surface area contributed by atoms with Crippen molar-refractivity contribution < 1.29 is 14.7 Å². The normalized spacial score (nSPS) is 16.6.